The summed E-state index contributed by atoms with van der Waals surface area (Å²) in [4.78, 5) is 25.3. The van der Waals surface area contributed by atoms with Crippen LogP contribution in [0, 0.1) is 0 Å². The van der Waals surface area contributed by atoms with Gasteiger partial charge in [-0.05, 0) is 51.4 Å². The predicted octanol–water partition coefficient (Wildman–Crippen LogP) is 7.31. The molecular weight excluding hydrogens is 510 g/mol. The number of hydrogen-bond acceptors (Lipinski definition) is 3. The van der Waals surface area contributed by atoms with Crippen LogP contribution < -0.4 is 10.1 Å². The summed E-state index contributed by atoms with van der Waals surface area (Å²) < 4.78 is 5.97. The van der Waals surface area contributed by atoms with Crippen LogP contribution in [-0.4, -0.2) is 23.0 Å². The number of carboxylic acids is 1. The molecule has 0 aliphatic rings. The van der Waals surface area contributed by atoms with Crippen LogP contribution in [0.4, 0.5) is 0 Å². The smallest absolute Gasteiger partial charge is 0.326 e. The maximum absolute atomic E-state index is 13.2. The quantitative estimate of drug-likeness (QED) is 0.233. The zero-order valence-corrected chi connectivity index (χ0v) is 23.0. The molecule has 0 heterocycles. The minimum atomic E-state index is -1.13. The van der Waals surface area contributed by atoms with Gasteiger partial charge in [0.05, 0.1) is 5.56 Å². The zero-order chi connectivity index (χ0) is 28.0. The maximum atomic E-state index is 13.2. The van der Waals surface area contributed by atoms with Gasteiger partial charge in [-0.25, -0.2) is 4.79 Å². The highest BCUT2D eigenvalue weighted by Gasteiger charge is 2.23. The first-order valence-corrected chi connectivity index (χ1v) is 13.2. The number of rotatable bonds is 9. The molecule has 4 aromatic rings. The van der Waals surface area contributed by atoms with Gasteiger partial charge in [0, 0.05) is 11.4 Å². The summed E-state index contributed by atoms with van der Waals surface area (Å²) in [5, 5.41) is 12.8. The first kappa shape index (κ1) is 27.9. The van der Waals surface area contributed by atoms with Gasteiger partial charge in [0.25, 0.3) is 5.91 Å². The molecule has 0 fully saturated rings. The number of amides is 1. The van der Waals surface area contributed by atoms with Crippen molar-refractivity contribution in [1.29, 1.82) is 0 Å². The largest absolute Gasteiger partial charge is 0.488 e. The maximum Gasteiger partial charge on any atom is 0.326 e. The molecule has 0 radical (unpaired) electrons. The monoisotopic (exact) mass is 541 g/mol. The van der Waals surface area contributed by atoms with Gasteiger partial charge in [0.2, 0.25) is 0 Å². The Bertz CT molecular complexity index is 1430. The summed E-state index contributed by atoms with van der Waals surface area (Å²) in [6, 6.07) is 29.3. The van der Waals surface area contributed by atoms with Crippen molar-refractivity contribution in [1.82, 2.24) is 5.32 Å². The van der Waals surface area contributed by atoms with E-state index >= 15 is 0 Å². The third-order valence-electron chi connectivity index (χ3n) is 6.50. The molecule has 0 aliphatic carbocycles. The van der Waals surface area contributed by atoms with E-state index in [1.165, 1.54) is 11.6 Å². The molecule has 0 saturated heterocycles. The van der Waals surface area contributed by atoms with E-state index in [2.05, 4.69) is 38.2 Å². The minimum Gasteiger partial charge on any atom is -0.488 e. The fourth-order valence-electron chi connectivity index (χ4n) is 4.20. The molecule has 0 unspecified atom stereocenters. The third-order valence-corrected chi connectivity index (χ3v) is 6.74. The van der Waals surface area contributed by atoms with Crippen molar-refractivity contribution in [3.05, 3.63) is 124 Å². The molecule has 1 atom stereocenters. The van der Waals surface area contributed by atoms with Crippen LogP contribution in [-0.2, 0) is 23.2 Å². The van der Waals surface area contributed by atoms with Crippen LogP contribution >= 0.6 is 11.6 Å². The van der Waals surface area contributed by atoms with Crippen LogP contribution in [0.3, 0.4) is 0 Å². The number of aliphatic carboxylic acids is 1. The molecule has 0 spiro atoms. The van der Waals surface area contributed by atoms with E-state index in [9.17, 15) is 14.7 Å². The average molecular weight is 542 g/mol. The van der Waals surface area contributed by atoms with E-state index in [0.29, 0.717) is 10.8 Å². The topological polar surface area (TPSA) is 75.6 Å². The van der Waals surface area contributed by atoms with Gasteiger partial charge in [-0.1, -0.05) is 111 Å². The van der Waals surface area contributed by atoms with Gasteiger partial charge in [-0.2, -0.15) is 0 Å². The minimum absolute atomic E-state index is 0.0471. The van der Waals surface area contributed by atoms with E-state index in [4.69, 9.17) is 16.3 Å². The summed E-state index contributed by atoms with van der Waals surface area (Å²) in [6.45, 7) is 6.71. The number of carbonyl (C=O) groups is 2. The second kappa shape index (κ2) is 12.2. The van der Waals surface area contributed by atoms with Crippen LogP contribution in [0.5, 0.6) is 5.75 Å². The molecule has 200 valence electrons. The van der Waals surface area contributed by atoms with Gasteiger partial charge in [0.15, 0.2) is 0 Å². The van der Waals surface area contributed by atoms with Crippen molar-refractivity contribution in [3.63, 3.8) is 0 Å². The van der Waals surface area contributed by atoms with E-state index in [0.717, 1.165) is 22.3 Å². The zero-order valence-electron chi connectivity index (χ0n) is 22.3. The van der Waals surface area contributed by atoms with Crippen molar-refractivity contribution in [2.75, 3.05) is 0 Å². The fraction of sp³-hybridized carbons (Fsp3) is 0.212. The molecule has 0 saturated carbocycles. The molecule has 2 N–H and O–H groups in total. The summed E-state index contributed by atoms with van der Waals surface area (Å²) in [5.74, 6) is -1.36. The predicted molar refractivity (Wildman–Crippen MR) is 155 cm³/mol. The summed E-state index contributed by atoms with van der Waals surface area (Å²) in [7, 11) is 0. The lowest BCUT2D eigenvalue weighted by Gasteiger charge is -2.19. The SMILES string of the molecule is CC(C)(C)c1ccc(COc2ccc(Cl)cc2C(=O)N[C@@H](Cc2ccc(-c3ccccc3)cc2)C(=O)O)cc1. The molecule has 1 amide bonds. The molecule has 4 aromatic carbocycles. The van der Waals surface area contributed by atoms with Crippen LogP contribution in [0.15, 0.2) is 97.1 Å². The highest BCUT2D eigenvalue weighted by molar-refractivity contribution is 6.31. The second-order valence-electron chi connectivity index (χ2n) is 10.5. The van der Waals surface area contributed by atoms with Crippen LogP contribution in [0.1, 0.15) is 47.8 Å². The molecule has 6 heteroatoms. The highest BCUT2D eigenvalue weighted by Crippen LogP contribution is 2.26. The fourth-order valence-corrected chi connectivity index (χ4v) is 4.38. The lowest BCUT2D eigenvalue weighted by molar-refractivity contribution is -0.139. The van der Waals surface area contributed by atoms with Crippen molar-refractivity contribution >= 4 is 23.5 Å². The third kappa shape index (κ3) is 7.49. The van der Waals surface area contributed by atoms with Gasteiger partial charge in [-0.15, -0.1) is 0 Å². The van der Waals surface area contributed by atoms with Gasteiger partial charge >= 0.3 is 5.97 Å². The van der Waals surface area contributed by atoms with E-state index in [1.54, 1.807) is 12.1 Å². The Kier molecular flexibility index (Phi) is 8.72. The summed E-state index contributed by atoms with van der Waals surface area (Å²) in [6.07, 6.45) is 0.132. The van der Waals surface area contributed by atoms with E-state index < -0.39 is 17.9 Å². The Hall–Kier alpha value is -4.09. The molecule has 0 aromatic heterocycles. The molecular formula is C33H32ClNO4. The van der Waals surface area contributed by atoms with Crippen molar-refractivity contribution in [2.24, 2.45) is 0 Å². The van der Waals surface area contributed by atoms with Crippen LogP contribution in [0.2, 0.25) is 5.02 Å². The first-order chi connectivity index (χ1) is 18.6. The lowest BCUT2D eigenvalue weighted by atomic mass is 9.87. The summed E-state index contributed by atoms with van der Waals surface area (Å²) in [5.41, 5.74) is 5.29. The Labute approximate surface area is 234 Å². The lowest BCUT2D eigenvalue weighted by Crippen LogP contribution is -2.42. The average Bonchev–Trinajstić information content (AvgIpc) is 2.92. The molecule has 39 heavy (non-hydrogen) atoms. The Morgan fingerprint density at radius 2 is 1.46 bits per heavy atom. The van der Waals surface area contributed by atoms with Crippen molar-refractivity contribution in [3.8, 4) is 16.9 Å². The molecule has 0 bridgehead atoms. The normalized spacial score (nSPS) is 12.0. The van der Waals surface area contributed by atoms with Crippen LogP contribution in [0.25, 0.3) is 11.1 Å². The number of hydrogen-bond donors (Lipinski definition) is 2. The first-order valence-electron chi connectivity index (χ1n) is 12.8. The number of benzene rings is 4. The number of ether oxygens (including phenoxy) is 1. The molecule has 5 nitrogen and oxygen atoms in total. The Morgan fingerprint density at radius 3 is 2.08 bits per heavy atom. The van der Waals surface area contributed by atoms with Gasteiger partial charge in [-0.3, -0.25) is 4.79 Å². The Balaban J connectivity index is 1.45. The van der Waals surface area contributed by atoms with Crippen molar-refractivity contribution in [2.45, 2.75) is 45.3 Å². The van der Waals surface area contributed by atoms with Gasteiger partial charge in [0.1, 0.15) is 18.4 Å². The van der Waals surface area contributed by atoms with E-state index in [-0.39, 0.29) is 24.0 Å². The summed E-state index contributed by atoms with van der Waals surface area (Å²) >= 11 is 6.18. The van der Waals surface area contributed by atoms with E-state index in [1.807, 2.05) is 66.7 Å². The standard InChI is InChI=1S/C33H32ClNO4/c1-33(2,3)26-15-11-23(12-16-26)21-39-30-18-17-27(34)20-28(30)31(36)35-29(32(37)38)19-22-9-13-25(14-10-22)24-7-5-4-6-8-24/h4-18,20,29H,19,21H2,1-3H3,(H,35,36)(H,37,38)/t29-/m0/s1. The number of nitrogens with one attached hydrogen (secondary N) is 1. The Morgan fingerprint density at radius 1 is 0.846 bits per heavy atom. The van der Waals surface area contributed by atoms with Gasteiger partial charge < -0.3 is 15.2 Å². The number of halogens is 1. The molecule has 4 rings (SSSR count). The highest BCUT2D eigenvalue weighted by atomic mass is 35.5. The number of carbonyl (C=O) groups excluding carboxylic acids is 1. The van der Waals surface area contributed by atoms with Crippen molar-refractivity contribution < 1.29 is 19.4 Å². The second-order valence-corrected chi connectivity index (χ2v) is 10.9. The number of carboxylic acid groups (broad SMARTS) is 1. The molecule has 0 aliphatic heterocycles.